The van der Waals surface area contributed by atoms with Crippen LogP contribution in [0.1, 0.15) is 88.6 Å². The van der Waals surface area contributed by atoms with E-state index in [0.29, 0.717) is 29.5 Å². The van der Waals surface area contributed by atoms with Crippen LogP contribution in [0.5, 0.6) is 5.88 Å². The van der Waals surface area contributed by atoms with Crippen molar-refractivity contribution in [2.45, 2.75) is 77.5 Å². The van der Waals surface area contributed by atoms with Crippen molar-refractivity contribution in [1.82, 2.24) is 4.98 Å². The van der Waals surface area contributed by atoms with Gasteiger partial charge in [0.2, 0.25) is 5.88 Å². The van der Waals surface area contributed by atoms with Gasteiger partial charge in [0.1, 0.15) is 5.56 Å². The molecule has 0 amide bonds. The quantitative estimate of drug-likeness (QED) is 0.137. The number of benzene rings is 2. The normalized spacial score (nSPS) is 12.9. The maximum Gasteiger partial charge on any atom is 0.343 e. The SMILES string of the molecule is CCCCC(CC)CN(c1ccccc1)S(=O)c1ccc(N=Nc2c(C(C)C)c(C(=O)OCCC)c(O)[nH]c2=O)cc1. The highest BCUT2D eigenvalue weighted by Gasteiger charge is 2.26. The number of rotatable bonds is 15. The predicted molar refractivity (Wildman–Crippen MR) is 168 cm³/mol. The van der Waals surface area contributed by atoms with Gasteiger partial charge in [0.05, 0.1) is 17.2 Å². The van der Waals surface area contributed by atoms with Gasteiger partial charge in [0.15, 0.2) is 16.7 Å². The number of unbranched alkanes of at least 4 members (excludes halogenated alkanes) is 1. The lowest BCUT2D eigenvalue weighted by Gasteiger charge is -2.28. The van der Waals surface area contributed by atoms with Crippen LogP contribution in [-0.2, 0) is 15.7 Å². The summed E-state index contributed by atoms with van der Waals surface area (Å²) in [5.74, 6) is -1.20. The fraction of sp³-hybridized carbons (Fsp3) is 0.438. The summed E-state index contributed by atoms with van der Waals surface area (Å²) in [6.45, 7) is 10.7. The molecular formula is C32H42N4O5S. The second-order valence-electron chi connectivity index (χ2n) is 10.5. The molecule has 226 valence electrons. The zero-order chi connectivity index (χ0) is 30.6. The largest absolute Gasteiger partial charge is 0.494 e. The molecule has 3 aromatic rings. The van der Waals surface area contributed by atoms with E-state index in [4.69, 9.17) is 4.74 Å². The van der Waals surface area contributed by atoms with Gasteiger partial charge in [-0.25, -0.2) is 9.00 Å². The van der Waals surface area contributed by atoms with Gasteiger partial charge >= 0.3 is 5.97 Å². The highest BCUT2D eigenvalue weighted by atomic mass is 32.2. The topological polar surface area (TPSA) is 124 Å². The third-order valence-corrected chi connectivity index (χ3v) is 8.38. The Morgan fingerprint density at radius 1 is 1.02 bits per heavy atom. The second-order valence-corrected chi connectivity index (χ2v) is 11.9. The number of nitrogens with one attached hydrogen (secondary N) is 1. The molecule has 0 aliphatic heterocycles. The first-order valence-electron chi connectivity index (χ1n) is 14.6. The van der Waals surface area contributed by atoms with E-state index in [0.717, 1.165) is 31.4 Å². The monoisotopic (exact) mass is 594 g/mol. The summed E-state index contributed by atoms with van der Waals surface area (Å²) >= 11 is 0. The van der Waals surface area contributed by atoms with Crippen molar-refractivity contribution in [3.8, 4) is 5.88 Å². The average molecular weight is 595 g/mol. The fourth-order valence-corrected chi connectivity index (χ4v) is 5.89. The van der Waals surface area contributed by atoms with Crippen LogP contribution in [0.25, 0.3) is 0 Å². The van der Waals surface area contributed by atoms with Crippen molar-refractivity contribution in [3.05, 3.63) is 76.1 Å². The molecule has 0 bridgehead atoms. The number of nitrogens with zero attached hydrogens (tertiary/aromatic N) is 3. The van der Waals surface area contributed by atoms with Crippen molar-refractivity contribution in [2.24, 2.45) is 16.1 Å². The van der Waals surface area contributed by atoms with Gasteiger partial charge in [-0.1, -0.05) is 72.1 Å². The number of para-hydroxylation sites is 1. The Hall–Kier alpha value is -3.79. The Morgan fingerprint density at radius 3 is 2.31 bits per heavy atom. The second kappa shape index (κ2) is 16.0. The highest BCUT2D eigenvalue weighted by molar-refractivity contribution is 7.86. The Morgan fingerprint density at radius 2 is 1.71 bits per heavy atom. The van der Waals surface area contributed by atoms with Gasteiger partial charge in [-0.05, 0) is 61.1 Å². The molecule has 2 atom stereocenters. The molecule has 1 aromatic heterocycles. The minimum Gasteiger partial charge on any atom is -0.494 e. The Bertz CT molecular complexity index is 1420. The molecule has 42 heavy (non-hydrogen) atoms. The predicted octanol–water partition coefficient (Wildman–Crippen LogP) is 7.93. The number of aromatic nitrogens is 1. The minimum atomic E-state index is -1.45. The van der Waals surface area contributed by atoms with Crippen LogP contribution in [-0.4, -0.2) is 33.4 Å². The van der Waals surface area contributed by atoms with Crippen molar-refractivity contribution >= 4 is 34.0 Å². The molecule has 2 aromatic carbocycles. The molecule has 10 heteroatoms. The van der Waals surface area contributed by atoms with Crippen LogP contribution < -0.4 is 9.86 Å². The van der Waals surface area contributed by atoms with Gasteiger partial charge < -0.3 is 9.84 Å². The number of azo groups is 1. The Labute approximate surface area is 250 Å². The molecule has 9 nitrogen and oxygen atoms in total. The van der Waals surface area contributed by atoms with E-state index in [1.165, 1.54) is 0 Å². The standard InChI is InChI=1S/C32H42N4O5S/c1-6-9-13-23(8-3)21-36(25-14-11-10-12-15-25)42(40)26-18-16-24(17-19-26)34-35-29-27(22(4)5)28(30(37)33-31(29)38)32(39)41-20-7-2/h10-12,14-19,22-23H,6-9,13,20-21H2,1-5H3,(H2,33,37,38). The number of anilines is 1. The lowest BCUT2D eigenvalue weighted by Crippen LogP contribution is -2.31. The third kappa shape index (κ3) is 8.38. The van der Waals surface area contributed by atoms with Crippen LogP contribution in [0.4, 0.5) is 17.1 Å². The molecule has 2 unspecified atom stereocenters. The summed E-state index contributed by atoms with van der Waals surface area (Å²) in [6, 6.07) is 16.6. The summed E-state index contributed by atoms with van der Waals surface area (Å²) in [4.78, 5) is 28.3. The molecule has 2 N–H and O–H groups in total. The average Bonchev–Trinajstić information content (AvgIpc) is 2.99. The lowest BCUT2D eigenvalue weighted by atomic mass is 9.97. The third-order valence-electron chi connectivity index (χ3n) is 6.94. The molecule has 3 rings (SSSR count). The number of H-pyrrole nitrogens is 1. The van der Waals surface area contributed by atoms with E-state index in [9.17, 15) is 18.9 Å². The van der Waals surface area contributed by atoms with Gasteiger partial charge in [0, 0.05) is 17.8 Å². The molecule has 0 aliphatic carbocycles. The summed E-state index contributed by atoms with van der Waals surface area (Å²) in [5, 5.41) is 18.8. The van der Waals surface area contributed by atoms with Gasteiger partial charge in [-0.15, -0.1) is 5.11 Å². The number of aromatic hydroxyl groups is 1. The summed E-state index contributed by atoms with van der Waals surface area (Å²) in [6.07, 6.45) is 4.96. The Balaban J connectivity index is 1.91. The minimum absolute atomic E-state index is 0.0770. The smallest absolute Gasteiger partial charge is 0.343 e. The van der Waals surface area contributed by atoms with Crippen molar-refractivity contribution < 1.29 is 18.8 Å². The summed E-state index contributed by atoms with van der Waals surface area (Å²) in [7, 11) is -1.45. The van der Waals surface area contributed by atoms with Crippen LogP contribution >= 0.6 is 0 Å². The first-order chi connectivity index (χ1) is 20.2. The van der Waals surface area contributed by atoms with Crippen molar-refractivity contribution in [2.75, 3.05) is 17.5 Å². The summed E-state index contributed by atoms with van der Waals surface area (Å²) in [5.41, 5.74) is 0.724. The van der Waals surface area contributed by atoms with Crippen LogP contribution in [0.2, 0.25) is 0 Å². The molecule has 0 saturated heterocycles. The van der Waals surface area contributed by atoms with E-state index >= 15 is 0 Å². The van der Waals surface area contributed by atoms with Gasteiger partial charge in [-0.3, -0.25) is 14.1 Å². The first-order valence-corrected chi connectivity index (χ1v) is 15.7. The Kier molecular flexibility index (Phi) is 12.5. The number of pyridine rings is 1. The van der Waals surface area contributed by atoms with Crippen LogP contribution in [0, 0.1) is 5.92 Å². The number of carbonyl (C=O) groups is 1. The van der Waals surface area contributed by atoms with Gasteiger partial charge in [-0.2, -0.15) is 5.11 Å². The molecule has 0 aliphatic rings. The molecule has 0 spiro atoms. The van der Waals surface area contributed by atoms with E-state index < -0.39 is 28.4 Å². The van der Waals surface area contributed by atoms with Crippen molar-refractivity contribution in [1.29, 1.82) is 0 Å². The number of hydrogen-bond donors (Lipinski definition) is 2. The molecule has 0 saturated carbocycles. The fourth-order valence-electron chi connectivity index (χ4n) is 4.61. The van der Waals surface area contributed by atoms with Crippen LogP contribution in [0.15, 0.2) is 74.5 Å². The van der Waals surface area contributed by atoms with Gasteiger partial charge in [0.25, 0.3) is 5.56 Å². The van der Waals surface area contributed by atoms with Crippen molar-refractivity contribution in [3.63, 3.8) is 0 Å². The summed E-state index contributed by atoms with van der Waals surface area (Å²) < 4.78 is 21.0. The van der Waals surface area contributed by atoms with E-state index in [1.54, 1.807) is 38.1 Å². The number of carbonyl (C=O) groups excluding carboxylic acids is 1. The molecule has 1 heterocycles. The van der Waals surface area contributed by atoms with E-state index in [-0.39, 0.29) is 29.3 Å². The maximum absolute atomic E-state index is 13.8. The first kappa shape index (κ1) is 32.7. The number of ether oxygens (including phenoxy) is 1. The maximum atomic E-state index is 13.8. The number of aromatic amines is 1. The highest BCUT2D eigenvalue weighted by Crippen LogP contribution is 2.33. The number of esters is 1. The molecule has 0 fully saturated rings. The molecular weight excluding hydrogens is 552 g/mol. The van der Waals surface area contributed by atoms with E-state index in [1.807, 2.05) is 41.6 Å². The zero-order valence-corrected chi connectivity index (χ0v) is 25.9. The van der Waals surface area contributed by atoms with E-state index in [2.05, 4.69) is 29.1 Å². The number of hydrogen-bond acceptors (Lipinski definition) is 7. The van der Waals surface area contributed by atoms with Crippen LogP contribution in [0.3, 0.4) is 0 Å². The zero-order valence-electron chi connectivity index (χ0n) is 25.1. The lowest BCUT2D eigenvalue weighted by molar-refractivity contribution is 0.0499. The molecule has 0 radical (unpaired) electrons.